The molecule has 0 bridgehead atoms. The third kappa shape index (κ3) is 18.9. The molecule has 0 fully saturated rings. The van der Waals surface area contributed by atoms with E-state index in [2.05, 4.69) is 32.5 Å². The Hall–Kier alpha value is -1.80. The molecular weight excluding hydrogens is 406 g/mol. The van der Waals surface area contributed by atoms with Crippen LogP contribution >= 0.6 is 0 Å². The molecule has 8 heteroatoms. The van der Waals surface area contributed by atoms with Gasteiger partial charge in [-0.15, -0.1) is 11.7 Å². The fourth-order valence-electron chi connectivity index (χ4n) is 3.54. The Morgan fingerprint density at radius 3 is 2.03 bits per heavy atom. The van der Waals surface area contributed by atoms with E-state index >= 15 is 0 Å². The second-order valence-corrected chi connectivity index (χ2v) is 8.27. The van der Waals surface area contributed by atoms with Crippen molar-refractivity contribution in [3.05, 3.63) is 18.5 Å². The zero-order chi connectivity index (χ0) is 23.0. The number of tetrazole rings is 1. The van der Waals surface area contributed by atoms with Gasteiger partial charge in [0.2, 0.25) is 5.91 Å². The van der Waals surface area contributed by atoms with Crippen molar-refractivity contribution >= 4 is 5.91 Å². The lowest BCUT2D eigenvalue weighted by Crippen LogP contribution is -2.27. The summed E-state index contributed by atoms with van der Waals surface area (Å²) in [5, 5.41) is 16.8. The van der Waals surface area contributed by atoms with Gasteiger partial charge in [-0.05, 0) is 23.3 Å². The molecule has 184 valence electrons. The Labute approximate surface area is 194 Å². The molecule has 0 aliphatic heterocycles. The van der Waals surface area contributed by atoms with Gasteiger partial charge in [0.1, 0.15) is 5.82 Å². The second-order valence-electron chi connectivity index (χ2n) is 8.27. The van der Waals surface area contributed by atoms with Crippen molar-refractivity contribution in [2.75, 3.05) is 33.0 Å². The topological polar surface area (TPSA) is 102 Å². The van der Waals surface area contributed by atoms with Gasteiger partial charge < -0.3 is 14.8 Å². The van der Waals surface area contributed by atoms with Crippen LogP contribution in [0.4, 0.5) is 0 Å². The molecule has 1 aromatic rings. The van der Waals surface area contributed by atoms with Gasteiger partial charge in [0.25, 0.3) is 0 Å². The first-order chi connectivity index (χ1) is 15.8. The van der Waals surface area contributed by atoms with Crippen molar-refractivity contribution in [1.29, 1.82) is 0 Å². The van der Waals surface area contributed by atoms with Crippen molar-refractivity contribution in [2.45, 2.75) is 96.3 Å². The van der Waals surface area contributed by atoms with Crippen molar-refractivity contribution in [3.63, 3.8) is 0 Å². The van der Waals surface area contributed by atoms with Gasteiger partial charge in [-0.25, -0.2) is 5.10 Å². The summed E-state index contributed by atoms with van der Waals surface area (Å²) in [7, 11) is 0. The SMILES string of the molecule is C=CCOCCOCCNC(=O)CCCCCCCCCCCCCCCc1nnn[nH]1. The molecule has 32 heavy (non-hydrogen) atoms. The molecule has 1 amide bonds. The van der Waals surface area contributed by atoms with E-state index in [4.69, 9.17) is 9.47 Å². The maximum Gasteiger partial charge on any atom is 0.220 e. The van der Waals surface area contributed by atoms with Crippen LogP contribution in [0.1, 0.15) is 95.7 Å². The second kappa shape index (κ2) is 22.4. The number of carbonyl (C=O) groups is 1. The number of amides is 1. The molecule has 0 unspecified atom stereocenters. The zero-order valence-corrected chi connectivity index (χ0v) is 20.0. The quantitative estimate of drug-likeness (QED) is 0.177. The predicted octanol–water partition coefficient (Wildman–Crippen LogP) is 4.54. The van der Waals surface area contributed by atoms with E-state index in [9.17, 15) is 4.79 Å². The average molecular weight is 452 g/mol. The molecular formula is C24H45N5O3. The normalized spacial score (nSPS) is 11.0. The molecule has 0 saturated carbocycles. The smallest absolute Gasteiger partial charge is 0.220 e. The van der Waals surface area contributed by atoms with Crippen LogP contribution in [0.15, 0.2) is 12.7 Å². The molecule has 0 saturated heterocycles. The van der Waals surface area contributed by atoms with Gasteiger partial charge in [-0.2, -0.15) is 0 Å². The third-order valence-corrected chi connectivity index (χ3v) is 5.38. The molecule has 0 atom stereocenters. The van der Waals surface area contributed by atoms with Crippen LogP contribution in [-0.4, -0.2) is 59.5 Å². The number of rotatable bonds is 24. The molecule has 1 rings (SSSR count). The van der Waals surface area contributed by atoms with E-state index < -0.39 is 0 Å². The summed E-state index contributed by atoms with van der Waals surface area (Å²) >= 11 is 0. The third-order valence-electron chi connectivity index (χ3n) is 5.38. The number of hydrogen-bond donors (Lipinski definition) is 2. The minimum absolute atomic E-state index is 0.131. The first-order valence-electron chi connectivity index (χ1n) is 12.6. The van der Waals surface area contributed by atoms with Crippen LogP contribution in [0, 0.1) is 0 Å². The highest BCUT2D eigenvalue weighted by molar-refractivity contribution is 5.75. The van der Waals surface area contributed by atoms with Gasteiger partial charge in [0.05, 0.1) is 26.4 Å². The number of aryl methyl sites for hydroxylation is 1. The Kier molecular flexibility index (Phi) is 19.8. The lowest BCUT2D eigenvalue weighted by Gasteiger charge is -2.07. The largest absolute Gasteiger partial charge is 0.377 e. The van der Waals surface area contributed by atoms with E-state index in [1.807, 2.05) is 0 Å². The number of aromatic amines is 1. The number of carbonyl (C=O) groups excluding carboxylic acids is 1. The summed E-state index contributed by atoms with van der Waals surface area (Å²) in [6.45, 7) is 6.34. The van der Waals surface area contributed by atoms with Crippen LogP contribution in [0.25, 0.3) is 0 Å². The van der Waals surface area contributed by atoms with Gasteiger partial charge in [0, 0.05) is 19.4 Å². The molecule has 2 N–H and O–H groups in total. The van der Waals surface area contributed by atoms with Crippen LogP contribution in [0.2, 0.25) is 0 Å². The molecule has 1 heterocycles. The van der Waals surface area contributed by atoms with Crippen LogP contribution in [-0.2, 0) is 20.7 Å². The van der Waals surface area contributed by atoms with E-state index in [-0.39, 0.29) is 5.91 Å². The Morgan fingerprint density at radius 2 is 1.44 bits per heavy atom. The predicted molar refractivity (Wildman–Crippen MR) is 127 cm³/mol. The van der Waals surface area contributed by atoms with E-state index in [1.54, 1.807) is 6.08 Å². The molecule has 0 aromatic carbocycles. The molecule has 1 aromatic heterocycles. The number of ether oxygens (including phenoxy) is 2. The number of unbranched alkanes of at least 4 members (excludes halogenated alkanes) is 12. The minimum atomic E-state index is 0.131. The highest BCUT2D eigenvalue weighted by atomic mass is 16.5. The van der Waals surface area contributed by atoms with Crippen LogP contribution in [0.3, 0.4) is 0 Å². The summed E-state index contributed by atoms with van der Waals surface area (Å²) in [5.74, 6) is 1.03. The summed E-state index contributed by atoms with van der Waals surface area (Å²) in [4.78, 5) is 11.8. The summed E-state index contributed by atoms with van der Waals surface area (Å²) in [6, 6.07) is 0. The van der Waals surface area contributed by atoms with E-state index in [0.717, 1.165) is 25.1 Å². The number of hydrogen-bond acceptors (Lipinski definition) is 6. The fourth-order valence-corrected chi connectivity index (χ4v) is 3.54. The average Bonchev–Trinajstić information content (AvgIpc) is 3.32. The van der Waals surface area contributed by atoms with Gasteiger partial charge in [-0.1, -0.05) is 76.7 Å². The molecule has 0 aliphatic rings. The number of H-pyrrole nitrogens is 1. The molecule has 0 spiro atoms. The van der Waals surface area contributed by atoms with Gasteiger partial charge >= 0.3 is 0 Å². The maximum absolute atomic E-state index is 11.8. The van der Waals surface area contributed by atoms with Crippen LogP contribution < -0.4 is 5.32 Å². The summed E-state index contributed by atoms with van der Waals surface area (Å²) in [6.07, 6.45) is 19.8. The highest BCUT2D eigenvalue weighted by Crippen LogP contribution is 2.13. The monoisotopic (exact) mass is 451 g/mol. The standard InChI is InChI=1S/C24H45N5O3/c1-2-19-31-21-22-32-20-18-25-24(30)17-15-13-11-9-7-5-3-4-6-8-10-12-14-16-23-26-28-29-27-23/h2H,1,3-22H2,(H,25,30)(H,26,27,28,29). The highest BCUT2D eigenvalue weighted by Gasteiger charge is 2.01. The first-order valence-corrected chi connectivity index (χ1v) is 12.6. The van der Waals surface area contributed by atoms with Crippen molar-refractivity contribution in [1.82, 2.24) is 25.9 Å². The summed E-state index contributed by atoms with van der Waals surface area (Å²) < 4.78 is 10.6. The van der Waals surface area contributed by atoms with Gasteiger partial charge in [-0.3, -0.25) is 4.79 Å². The maximum atomic E-state index is 11.8. The molecule has 0 aliphatic carbocycles. The molecule has 8 nitrogen and oxygen atoms in total. The lowest BCUT2D eigenvalue weighted by atomic mass is 10.0. The number of nitrogens with zero attached hydrogens (tertiary/aromatic N) is 3. The number of aromatic nitrogens is 4. The van der Waals surface area contributed by atoms with Gasteiger partial charge in [0.15, 0.2) is 0 Å². The first kappa shape index (κ1) is 28.2. The van der Waals surface area contributed by atoms with E-state index in [0.29, 0.717) is 39.4 Å². The fraction of sp³-hybridized carbons (Fsp3) is 0.833. The Balaban J connectivity index is 1.69. The van der Waals surface area contributed by atoms with Crippen molar-refractivity contribution in [3.8, 4) is 0 Å². The van der Waals surface area contributed by atoms with Crippen molar-refractivity contribution in [2.24, 2.45) is 0 Å². The van der Waals surface area contributed by atoms with Crippen molar-refractivity contribution < 1.29 is 14.3 Å². The Bertz CT molecular complexity index is 540. The minimum Gasteiger partial charge on any atom is -0.377 e. The number of nitrogens with one attached hydrogen (secondary N) is 2. The zero-order valence-electron chi connectivity index (χ0n) is 20.0. The molecule has 0 radical (unpaired) electrons. The van der Waals surface area contributed by atoms with E-state index in [1.165, 1.54) is 70.6 Å². The Morgan fingerprint density at radius 1 is 0.844 bits per heavy atom. The lowest BCUT2D eigenvalue weighted by molar-refractivity contribution is -0.121. The van der Waals surface area contributed by atoms with Crippen LogP contribution in [0.5, 0.6) is 0 Å². The summed E-state index contributed by atoms with van der Waals surface area (Å²) in [5.41, 5.74) is 0.